The van der Waals surface area contributed by atoms with Gasteiger partial charge in [-0.25, -0.2) is 0 Å². The highest BCUT2D eigenvalue weighted by Gasteiger charge is 2.21. The molecule has 1 unspecified atom stereocenters. The SMILES string of the molecule is CCCCC(C)(CC)CC(C)C. The van der Waals surface area contributed by atoms with E-state index in [4.69, 9.17) is 0 Å². The van der Waals surface area contributed by atoms with Crippen LogP contribution in [0.25, 0.3) is 0 Å². The fourth-order valence-electron chi connectivity index (χ4n) is 2.01. The summed E-state index contributed by atoms with van der Waals surface area (Å²) in [5.41, 5.74) is 0.615. The number of rotatable bonds is 6. The van der Waals surface area contributed by atoms with E-state index in [-0.39, 0.29) is 0 Å². The highest BCUT2D eigenvalue weighted by Crippen LogP contribution is 2.34. The van der Waals surface area contributed by atoms with Gasteiger partial charge in [-0.3, -0.25) is 0 Å². The van der Waals surface area contributed by atoms with Gasteiger partial charge in [0.15, 0.2) is 0 Å². The second-order valence-corrected chi connectivity index (χ2v) is 4.87. The van der Waals surface area contributed by atoms with E-state index in [1.54, 1.807) is 0 Å². The molecule has 0 aromatic rings. The van der Waals surface area contributed by atoms with Gasteiger partial charge in [-0.2, -0.15) is 0 Å². The predicted octanol–water partition coefficient (Wildman–Crippen LogP) is 4.64. The minimum atomic E-state index is 0.615. The van der Waals surface area contributed by atoms with Gasteiger partial charge in [0.1, 0.15) is 0 Å². The topological polar surface area (TPSA) is 0 Å². The summed E-state index contributed by atoms with van der Waals surface area (Å²) in [6.07, 6.45) is 6.89. The van der Waals surface area contributed by atoms with Gasteiger partial charge in [0, 0.05) is 0 Å². The average Bonchev–Trinajstić information content (AvgIpc) is 2.00. The molecule has 0 amide bonds. The lowest BCUT2D eigenvalue weighted by atomic mass is 9.76. The lowest BCUT2D eigenvalue weighted by Crippen LogP contribution is -2.17. The maximum atomic E-state index is 2.45. The van der Waals surface area contributed by atoms with E-state index in [1.807, 2.05) is 0 Å². The summed E-state index contributed by atoms with van der Waals surface area (Å²) >= 11 is 0. The van der Waals surface area contributed by atoms with Gasteiger partial charge in [0.2, 0.25) is 0 Å². The lowest BCUT2D eigenvalue weighted by Gasteiger charge is -2.30. The Balaban J connectivity index is 3.86. The molecule has 0 fully saturated rings. The Morgan fingerprint density at radius 2 is 1.75 bits per heavy atom. The molecule has 1 atom stereocenters. The molecule has 0 radical (unpaired) electrons. The summed E-state index contributed by atoms with van der Waals surface area (Å²) < 4.78 is 0. The Morgan fingerprint density at radius 1 is 1.17 bits per heavy atom. The molecule has 74 valence electrons. The summed E-state index contributed by atoms with van der Waals surface area (Å²) in [4.78, 5) is 0. The molecule has 0 saturated heterocycles. The molecule has 0 bridgehead atoms. The van der Waals surface area contributed by atoms with Crippen LogP contribution in [0.4, 0.5) is 0 Å². The van der Waals surface area contributed by atoms with Crippen LogP contribution in [0.5, 0.6) is 0 Å². The predicted molar refractivity (Wildman–Crippen MR) is 57.4 cm³/mol. The first-order valence-electron chi connectivity index (χ1n) is 5.54. The molecular weight excluding hydrogens is 144 g/mol. The molecule has 0 nitrogen and oxygen atoms in total. The highest BCUT2D eigenvalue weighted by atomic mass is 14.3. The fraction of sp³-hybridized carbons (Fsp3) is 1.00. The van der Waals surface area contributed by atoms with Crippen LogP contribution < -0.4 is 0 Å². The van der Waals surface area contributed by atoms with Crippen molar-refractivity contribution in [1.82, 2.24) is 0 Å². The van der Waals surface area contributed by atoms with Gasteiger partial charge in [-0.05, 0) is 24.2 Å². The number of hydrogen-bond acceptors (Lipinski definition) is 0. The largest absolute Gasteiger partial charge is 0.0654 e. The van der Waals surface area contributed by atoms with Crippen LogP contribution in [-0.2, 0) is 0 Å². The maximum Gasteiger partial charge on any atom is -0.0326 e. The Morgan fingerprint density at radius 3 is 2.08 bits per heavy atom. The molecule has 0 spiro atoms. The summed E-state index contributed by atoms with van der Waals surface area (Å²) in [7, 11) is 0. The van der Waals surface area contributed by atoms with Crippen molar-refractivity contribution < 1.29 is 0 Å². The molecule has 0 saturated carbocycles. The molecule has 0 aliphatic carbocycles. The van der Waals surface area contributed by atoms with Gasteiger partial charge < -0.3 is 0 Å². The number of hydrogen-bond donors (Lipinski definition) is 0. The van der Waals surface area contributed by atoms with E-state index in [9.17, 15) is 0 Å². The zero-order valence-corrected chi connectivity index (χ0v) is 9.61. The Hall–Kier alpha value is 0. The van der Waals surface area contributed by atoms with Gasteiger partial charge in [0.05, 0.1) is 0 Å². The second kappa shape index (κ2) is 5.61. The number of unbranched alkanes of at least 4 members (excludes halogenated alkanes) is 1. The molecule has 0 rings (SSSR count). The highest BCUT2D eigenvalue weighted by molar-refractivity contribution is 4.73. The molecule has 0 heterocycles. The Bertz CT molecular complexity index is 105. The molecule has 0 aromatic carbocycles. The third-order valence-corrected chi connectivity index (χ3v) is 2.89. The smallest absolute Gasteiger partial charge is 0.0326 e. The summed E-state index contributed by atoms with van der Waals surface area (Å²) in [6, 6.07) is 0. The van der Waals surface area contributed by atoms with E-state index in [0.717, 1.165) is 5.92 Å². The van der Waals surface area contributed by atoms with E-state index in [0.29, 0.717) is 5.41 Å². The van der Waals surface area contributed by atoms with Crippen molar-refractivity contribution in [3.8, 4) is 0 Å². The monoisotopic (exact) mass is 170 g/mol. The minimum Gasteiger partial charge on any atom is -0.0654 e. The van der Waals surface area contributed by atoms with Crippen molar-refractivity contribution in [2.75, 3.05) is 0 Å². The lowest BCUT2D eigenvalue weighted by molar-refractivity contribution is 0.220. The molecule has 0 N–H and O–H groups in total. The fourth-order valence-corrected chi connectivity index (χ4v) is 2.01. The first-order chi connectivity index (χ1) is 5.54. The second-order valence-electron chi connectivity index (χ2n) is 4.87. The van der Waals surface area contributed by atoms with Crippen molar-refractivity contribution in [2.24, 2.45) is 11.3 Å². The maximum absolute atomic E-state index is 2.45. The molecule has 12 heavy (non-hydrogen) atoms. The molecule has 0 aliphatic heterocycles. The van der Waals surface area contributed by atoms with Crippen molar-refractivity contribution in [1.29, 1.82) is 0 Å². The van der Waals surface area contributed by atoms with Gasteiger partial charge in [-0.15, -0.1) is 0 Å². The standard InChI is InChI=1S/C12H26/c1-6-8-9-12(5,7-2)10-11(3)4/h11H,6-10H2,1-5H3. The van der Waals surface area contributed by atoms with Gasteiger partial charge in [0.25, 0.3) is 0 Å². The van der Waals surface area contributed by atoms with E-state index in [1.165, 1.54) is 32.1 Å². The van der Waals surface area contributed by atoms with Crippen molar-refractivity contribution in [3.05, 3.63) is 0 Å². The average molecular weight is 170 g/mol. The zero-order valence-electron chi connectivity index (χ0n) is 9.61. The molecule has 0 aromatic heterocycles. The Labute approximate surface area is 78.8 Å². The first-order valence-corrected chi connectivity index (χ1v) is 5.54. The zero-order chi connectivity index (χ0) is 9.61. The third kappa shape index (κ3) is 4.79. The van der Waals surface area contributed by atoms with Crippen LogP contribution >= 0.6 is 0 Å². The normalized spacial score (nSPS) is 16.5. The van der Waals surface area contributed by atoms with Crippen LogP contribution in [0.2, 0.25) is 0 Å². The molecule has 0 heteroatoms. The third-order valence-electron chi connectivity index (χ3n) is 2.89. The van der Waals surface area contributed by atoms with Gasteiger partial charge >= 0.3 is 0 Å². The van der Waals surface area contributed by atoms with Crippen molar-refractivity contribution in [3.63, 3.8) is 0 Å². The summed E-state index contributed by atoms with van der Waals surface area (Å²) in [5, 5.41) is 0. The van der Waals surface area contributed by atoms with Crippen LogP contribution in [0.1, 0.15) is 66.7 Å². The van der Waals surface area contributed by atoms with Crippen LogP contribution in [0.3, 0.4) is 0 Å². The molecular formula is C12H26. The summed E-state index contributed by atoms with van der Waals surface area (Å²) in [5.74, 6) is 0.854. The quantitative estimate of drug-likeness (QED) is 0.545. The van der Waals surface area contributed by atoms with E-state index < -0.39 is 0 Å². The van der Waals surface area contributed by atoms with Crippen LogP contribution in [0, 0.1) is 11.3 Å². The van der Waals surface area contributed by atoms with Crippen molar-refractivity contribution in [2.45, 2.75) is 66.7 Å². The van der Waals surface area contributed by atoms with Crippen molar-refractivity contribution >= 4 is 0 Å². The minimum absolute atomic E-state index is 0.615. The van der Waals surface area contributed by atoms with E-state index >= 15 is 0 Å². The summed E-state index contributed by atoms with van der Waals surface area (Å²) in [6.45, 7) is 11.7. The first kappa shape index (κ1) is 12.0. The van der Waals surface area contributed by atoms with E-state index in [2.05, 4.69) is 34.6 Å². The van der Waals surface area contributed by atoms with Crippen LogP contribution in [-0.4, -0.2) is 0 Å². The van der Waals surface area contributed by atoms with Crippen LogP contribution in [0.15, 0.2) is 0 Å². The Kier molecular flexibility index (Phi) is 5.61. The molecule has 0 aliphatic rings. The van der Waals surface area contributed by atoms with Gasteiger partial charge in [-0.1, -0.05) is 53.9 Å².